The zero-order valence-corrected chi connectivity index (χ0v) is 12.6. The zero-order chi connectivity index (χ0) is 14.3. The number of hydrogen-bond donors (Lipinski definition) is 1. The fourth-order valence-corrected chi connectivity index (χ4v) is 3.56. The molecule has 1 amide bonds. The van der Waals surface area contributed by atoms with Crippen LogP contribution in [0.4, 0.5) is 0 Å². The Bertz CT molecular complexity index is 514. The van der Waals surface area contributed by atoms with E-state index in [0.717, 1.165) is 31.4 Å². The Morgan fingerprint density at radius 3 is 2.60 bits per heavy atom. The second kappa shape index (κ2) is 5.55. The summed E-state index contributed by atoms with van der Waals surface area (Å²) in [6, 6.07) is 5.47. The van der Waals surface area contributed by atoms with Crippen molar-refractivity contribution in [1.29, 1.82) is 0 Å². The standard InChI is InChI=1S/C15H17Cl2NO2/c16-10-4-9(5-11(17)6-10)13-7-14(13)15(20)18-3-1-2-12(19)8-18/h4-6,12-14,19H,1-3,7-8H2/t12-,13-,14+/m0/s1. The third-order valence-corrected chi connectivity index (χ3v) is 4.57. The van der Waals surface area contributed by atoms with Crippen LogP contribution in [-0.4, -0.2) is 35.1 Å². The molecule has 1 aliphatic carbocycles. The molecule has 1 saturated heterocycles. The predicted octanol–water partition coefficient (Wildman–Crippen LogP) is 3.08. The van der Waals surface area contributed by atoms with Gasteiger partial charge in [0.15, 0.2) is 0 Å². The van der Waals surface area contributed by atoms with E-state index < -0.39 is 0 Å². The Kier molecular flexibility index (Phi) is 3.93. The summed E-state index contributed by atoms with van der Waals surface area (Å²) in [7, 11) is 0. The minimum Gasteiger partial charge on any atom is -0.391 e. The Morgan fingerprint density at radius 2 is 1.95 bits per heavy atom. The molecule has 0 aromatic heterocycles. The van der Waals surface area contributed by atoms with Crippen molar-refractivity contribution in [2.24, 2.45) is 5.92 Å². The summed E-state index contributed by atoms with van der Waals surface area (Å²) in [6.07, 6.45) is 2.16. The van der Waals surface area contributed by atoms with Gasteiger partial charge < -0.3 is 10.0 Å². The number of aliphatic hydroxyl groups is 1. The van der Waals surface area contributed by atoms with E-state index in [9.17, 15) is 9.90 Å². The van der Waals surface area contributed by atoms with Gasteiger partial charge in [-0.1, -0.05) is 23.2 Å². The smallest absolute Gasteiger partial charge is 0.226 e. The van der Waals surface area contributed by atoms with Crippen molar-refractivity contribution in [3.8, 4) is 0 Å². The molecule has 108 valence electrons. The fourth-order valence-electron chi connectivity index (χ4n) is 3.01. The molecule has 3 rings (SSSR count). The van der Waals surface area contributed by atoms with Crippen LogP contribution in [0.3, 0.4) is 0 Å². The molecule has 2 fully saturated rings. The quantitative estimate of drug-likeness (QED) is 0.911. The van der Waals surface area contributed by atoms with E-state index in [-0.39, 0.29) is 23.8 Å². The first-order chi connectivity index (χ1) is 9.54. The van der Waals surface area contributed by atoms with Gasteiger partial charge in [-0.3, -0.25) is 4.79 Å². The van der Waals surface area contributed by atoms with Crippen LogP contribution >= 0.6 is 23.2 Å². The number of amides is 1. The second-order valence-corrected chi connectivity index (χ2v) is 6.60. The molecule has 0 unspecified atom stereocenters. The lowest BCUT2D eigenvalue weighted by molar-refractivity contribution is -0.135. The van der Waals surface area contributed by atoms with Crippen molar-refractivity contribution in [1.82, 2.24) is 4.90 Å². The first kappa shape index (κ1) is 14.2. The van der Waals surface area contributed by atoms with Crippen molar-refractivity contribution >= 4 is 29.1 Å². The third kappa shape index (κ3) is 2.95. The van der Waals surface area contributed by atoms with E-state index >= 15 is 0 Å². The molecular formula is C15H17Cl2NO2. The monoisotopic (exact) mass is 313 g/mol. The van der Waals surface area contributed by atoms with E-state index in [1.54, 1.807) is 11.0 Å². The maximum atomic E-state index is 12.4. The molecule has 1 heterocycles. The number of nitrogens with zero attached hydrogens (tertiary/aromatic N) is 1. The van der Waals surface area contributed by atoms with Crippen LogP contribution in [-0.2, 0) is 4.79 Å². The summed E-state index contributed by atoms with van der Waals surface area (Å²) in [5.41, 5.74) is 1.04. The van der Waals surface area contributed by atoms with Crippen LogP contribution in [0.15, 0.2) is 18.2 Å². The van der Waals surface area contributed by atoms with E-state index in [1.165, 1.54) is 0 Å². The van der Waals surface area contributed by atoms with Gasteiger partial charge in [0.2, 0.25) is 5.91 Å². The van der Waals surface area contributed by atoms with Gasteiger partial charge in [-0.15, -0.1) is 0 Å². The molecule has 1 saturated carbocycles. The average Bonchev–Trinajstić information content (AvgIpc) is 3.17. The van der Waals surface area contributed by atoms with Crippen LogP contribution in [0.2, 0.25) is 10.0 Å². The largest absolute Gasteiger partial charge is 0.391 e. The number of benzene rings is 1. The molecule has 0 spiro atoms. The fraction of sp³-hybridized carbons (Fsp3) is 0.533. The highest BCUT2D eigenvalue weighted by Gasteiger charge is 2.46. The molecule has 1 aliphatic heterocycles. The summed E-state index contributed by atoms with van der Waals surface area (Å²) < 4.78 is 0. The number of likely N-dealkylation sites (tertiary alicyclic amines) is 1. The number of β-amino-alcohol motifs (C(OH)–C–C–N with tert-alkyl or cyclic N) is 1. The average molecular weight is 314 g/mol. The number of carbonyl (C=O) groups is 1. The van der Waals surface area contributed by atoms with Crippen LogP contribution < -0.4 is 0 Å². The Hall–Kier alpha value is -0.770. The Morgan fingerprint density at radius 1 is 1.25 bits per heavy atom. The zero-order valence-electron chi connectivity index (χ0n) is 11.1. The molecule has 5 heteroatoms. The number of halogens is 2. The number of piperidine rings is 1. The van der Waals surface area contributed by atoms with Gasteiger partial charge in [-0.2, -0.15) is 0 Å². The van der Waals surface area contributed by atoms with Crippen molar-refractivity contribution in [3.05, 3.63) is 33.8 Å². The highest BCUT2D eigenvalue weighted by atomic mass is 35.5. The van der Waals surface area contributed by atoms with Gasteiger partial charge in [-0.05, 0) is 48.9 Å². The topological polar surface area (TPSA) is 40.5 Å². The lowest BCUT2D eigenvalue weighted by Crippen LogP contribution is -2.43. The van der Waals surface area contributed by atoms with Gasteiger partial charge in [0.05, 0.1) is 6.10 Å². The molecule has 20 heavy (non-hydrogen) atoms. The third-order valence-electron chi connectivity index (χ3n) is 4.13. The van der Waals surface area contributed by atoms with Crippen molar-refractivity contribution in [2.75, 3.05) is 13.1 Å². The lowest BCUT2D eigenvalue weighted by atomic mass is 10.1. The number of rotatable bonds is 2. The molecule has 0 radical (unpaired) electrons. The summed E-state index contributed by atoms with van der Waals surface area (Å²) in [6.45, 7) is 1.23. The molecule has 3 atom stereocenters. The normalized spacial score (nSPS) is 29.4. The highest BCUT2D eigenvalue weighted by Crippen LogP contribution is 2.49. The van der Waals surface area contributed by atoms with E-state index in [4.69, 9.17) is 23.2 Å². The maximum absolute atomic E-state index is 12.4. The van der Waals surface area contributed by atoms with Gasteiger partial charge >= 0.3 is 0 Å². The Balaban J connectivity index is 1.67. The van der Waals surface area contributed by atoms with E-state index in [0.29, 0.717) is 16.6 Å². The van der Waals surface area contributed by atoms with Gasteiger partial charge in [-0.25, -0.2) is 0 Å². The van der Waals surface area contributed by atoms with E-state index in [1.807, 2.05) is 12.1 Å². The van der Waals surface area contributed by atoms with Crippen LogP contribution in [0.25, 0.3) is 0 Å². The van der Waals surface area contributed by atoms with Gasteiger partial charge in [0.1, 0.15) is 0 Å². The van der Waals surface area contributed by atoms with Crippen molar-refractivity contribution in [3.63, 3.8) is 0 Å². The molecule has 1 aromatic carbocycles. The first-order valence-electron chi connectivity index (χ1n) is 6.97. The SMILES string of the molecule is O=C([C@@H]1C[C@H]1c1cc(Cl)cc(Cl)c1)N1CCC[C@H](O)C1. The summed E-state index contributed by atoms with van der Waals surface area (Å²) >= 11 is 12.0. The second-order valence-electron chi connectivity index (χ2n) is 5.73. The first-order valence-corrected chi connectivity index (χ1v) is 7.73. The molecular weight excluding hydrogens is 297 g/mol. The molecule has 0 bridgehead atoms. The molecule has 1 aromatic rings. The summed E-state index contributed by atoms with van der Waals surface area (Å²) in [5.74, 6) is 0.400. The van der Waals surface area contributed by atoms with Crippen LogP contribution in [0, 0.1) is 5.92 Å². The maximum Gasteiger partial charge on any atom is 0.226 e. The minimum absolute atomic E-state index is 0.0230. The summed E-state index contributed by atoms with van der Waals surface area (Å²) in [4.78, 5) is 14.2. The van der Waals surface area contributed by atoms with Gasteiger partial charge in [0.25, 0.3) is 0 Å². The Labute approximate surface area is 128 Å². The van der Waals surface area contributed by atoms with Crippen LogP contribution in [0.5, 0.6) is 0 Å². The number of hydrogen-bond acceptors (Lipinski definition) is 2. The number of aliphatic hydroxyl groups excluding tert-OH is 1. The van der Waals surface area contributed by atoms with Crippen LogP contribution in [0.1, 0.15) is 30.7 Å². The highest BCUT2D eigenvalue weighted by molar-refractivity contribution is 6.34. The molecule has 2 aliphatic rings. The molecule has 3 nitrogen and oxygen atoms in total. The summed E-state index contributed by atoms with van der Waals surface area (Å²) in [5, 5.41) is 10.9. The number of carbonyl (C=O) groups excluding carboxylic acids is 1. The van der Waals surface area contributed by atoms with Crippen molar-refractivity contribution in [2.45, 2.75) is 31.3 Å². The molecule has 1 N–H and O–H groups in total. The minimum atomic E-state index is -0.370. The predicted molar refractivity (Wildman–Crippen MR) is 79.1 cm³/mol. The van der Waals surface area contributed by atoms with Gasteiger partial charge in [0, 0.05) is 29.1 Å². The van der Waals surface area contributed by atoms with E-state index in [2.05, 4.69) is 0 Å². The lowest BCUT2D eigenvalue weighted by Gasteiger charge is -2.30. The van der Waals surface area contributed by atoms with Crippen molar-refractivity contribution < 1.29 is 9.90 Å².